The number of benzene rings is 1. The van der Waals surface area contributed by atoms with Gasteiger partial charge in [-0.2, -0.15) is 0 Å². The Morgan fingerprint density at radius 2 is 1.78 bits per heavy atom. The van der Waals surface area contributed by atoms with Crippen molar-refractivity contribution in [1.29, 1.82) is 0 Å². The van der Waals surface area contributed by atoms with Gasteiger partial charge >= 0.3 is 0 Å². The van der Waals surface area contributed by atoms with E-state index < -0.39 is 0 Å². The molecule has 0 bridgehead atoms. The Morgan fingerprint density at radius 3 is 2.37 bits per heavy atom. The molecule has 1 fully saturated rings. The van der Waals surface area contributed by atoms with Gasteiger partial charge in [0, 0.05) is 20.1 Å². The highest BCUT2D eigenvalue weighted by atomic mass is 127. The van der Waals surface area contributed by atoms with Gasteiger partial charge in [0.1, 0.15) is 0 Å². The zero-order valence-corrected chi connectivity index (χ0v) is 19.6. The molecular weight excluding hydrogens is 449 g/mol. The number of guanidine groups is 1. The lowest BCUT2D eigenvalue weighted by atomic mass is 10.1. The number of rotatable bonds is 10. The molecule has 1 atom stereocenters. The van der Waals surface area contributed by atoms with Crippen molar-refractivity contribution in [3.63, 3.8) is 0 Å². The Kier molecular flexibility index (Phi) is 12.7. The van der Waals surface area contributed by atoms with Gasteiger partial charge in [-0.05, 0) is 57.5 Å². The fourth-order valence-corrected chi connectivity index (χ4v) is 3.65. The Hall–Kier alpha value is -0.860. The lowest BCUT2D eigenvalue weighted by Gasteiger charge is -2.29. The van der Waals surface area contributed by atoms with Gasteiger partial charge in [0.15, 0.2) is 5.96 Å². The van der Waals surface area contributed by atoms with Crippen molar-refractivity contribution in [2.75, 3.05) is 52.9 Å². The van der Waals surface area contributed by atoms with E-state index in [1.807, 2.05) is 7.05 Å². The molecule has 0 saturated carbocycles. The summed E-state index contributed by atoms with van der Waals surface area (Å²) in [7, 11) is 1.85. The van der Waals surface area contributed by atoms with Crippen molar-refractivity contribution >= 4 is 29.9 Å². The van der Waals surface area contributed by atoms with Crippen molar-refractivity contribution in [3.8, 4) is 0 Å². The number of hydrogen-bond acceptors (Lipinski definition) is 3. The van der Waals surface area contributed by atoms with Crippen molar-refractivity contribution in [2.24, 2.45) is 4.99 Å². The van der Waals surface area contributed by atoms with E-state index in [0.717, 1.165) is 45.1 Å². The Bertz CT molecular complexity index is 513. The van der Waals surface area contributed by atoms with E-state index in [0.29, 0.717) is 6.04 Å². The first-order chi connectivity index (χ1) is 12.8. The van der Waals surface area contributed by atoms with Crippen LogP contribution in [0.5, 0.6) is 0 Å². The second kappa shape index (κ2) is 14.2. The zero-order valence-electron chi connectivity index (χ0n) is 17.3. The third-order valence-electron chi connectivity index (χ3n) is 5.29. The topological polar surface area (TPSA) is 42.9 Å². The molecule has 2 N–H and O–H groups in total. The van der Waals surface area contributed by atoms with Crippen LogP contribution in [0.1, 0.15) is 44.7 Å². The molecule has 27 heavy (non-hydrogen) atoms. The highest BCUT2D eigenvalue weighted by Crippen LogP contribution is 2.24. The van der Waals surface area contributed by atoms with Gasteiger partial charge in [-0.15, -0.1) is 24.0 Å². The smallest absolute Gasteiger partial charge is 0.191 e. The van der Waals surface area contributed by atoms with Crippen molar-refractivity contribution in [1.82, 2.24) is 20.4 Å². The van der Waals surface area contributed by atoms with Gasteiger partial charge in [0.2, 0.25) is 0 Å². The SMILES string of the molecule is CCN(CC)CCCNC(=NC)NCC(c1ccccc1)N1CCCC1.I. The van der Waals surface area contributed by atoms with E-state index >= 15 is 0 Å². The second-order valence-corrected chi connectivity index (χ2v) is 6.93. The molecule has 1 aliphatic rings. The van der Waals surface area contributed by atoms with E-state index in [2.05, 4.69) is 69.6 Å². The van der Waals surface area contributed by atoms with E-state index in [4.69, 9.17) is 0 Å². The van der Waals surface area contributed by atoms with Gasteiger partial charge in [0.05, 0.1) is 6.04 Å². The molecule has 1 aromatic carbocycles. The van der Waals surface area contributed by atoms with Gasteiger partial charge in [-0.25, -0.2) is 0 Å². The largest absolute Gasteiger partial charge is 0.356 e. The summed E-state index contributed by atoms with van der Waals surface area (Å²) in [5, 5.41) is 7.01. The molecule has 5 nitrogen and oxygen atoms in total. The van der Waals surface area contributed by atoms with Crippen LogP contribution in [0.3, 0.4) is 0 Å². The summed E-state index contributed by atoms with van der Waals surface area (Å²) in [6.07, 6.45) is 3.75. The lowest BCUT2D eigenvalue weighted by Crippen LogP contribution is -2.43. The molecule has 1 aromatic rings. The molecule has 1 heterocycles. The second-order valence-electron chi connectivity index (χ2n) is 6.93. The molecular formula is C21H38IN5. The Morgan fingerprint density at radius 1 is 1.11 bits per heavy atom. The molecule has 0 aliphatic carbocycles. The third kappa shape index (κ3) is 8.35. The number of likely N-dealkylation sites (tertiary alicyclic amines) is 1. The quantitative estimate of drug-likeness (QED) is 0.230. The summed E-state index contributed by atoms with van der Waals surface area (Å²) in [6, 6.07) is 11.3. The van der Waals surface area contributed by atoms with Gasteiger partial charge in [-0.1, -0.05) is 44.2 Å². The van der Waals surface area contributed by atoms with Crippen LogP contribution in [0, 0.1) is 0 Å². The number of hydrogen-bond donors (Lipinski definition) is 2. The molecule has 0 aromatic heterocycles. The van der Waals surface area contributed by atoms with Gasteiger partial charge in [0.25, 0.3) is 0 Å². The first-order valence-corrected chi connectivity index (χ1v) is 10.2. The predicted octanol–water partition coefficient (Wildman–Crippen LogP) is 3.34. The number of aliphatic imine (C=N–C) groups is 1. The fraction of sp³-hybridized carbons (Fsp3) is 0.667. The first kappa shape index (κ1) is 24.2. The number of nitrogens with one attached hydrogen (secondary N) is 2. The Labute approximate surface area is 183 Å². The standard InChI is InChI=1S/C21H37N5.HI/c1-4-25(5-2)15-11-14-23-21(22-3)24-18-20(26-16-9-10-17-26)19-12-7-6-8-13-19;/h6-8,12-13,20H,4-5,9-11,14-18H2,1-3H3,(H2,22,23,24);1H. The van der Waals surface area contributed by atoms with E-state index in [9.17, 15) is 0 Å². The molecule has 0 spiro atoms. The third-order valence-corrected chi connectivity index (χ3v) is 5.29. The minimum atomic E-state index is 0. The average Bonchev–Trinajstić information content (AvgIpc) is 3.22. The summed E-state index contributed by atoms with van der Waals surface area (Å²) in [5.41, 5.74) is 1.39. The molecule has 2 rings (SSSR count). The number of halogens is 1. The van der Waals surface area contributed by atoms with Gasteiger partial charge < -0.3 is 15.5 Å². The molecule has 0 radical (unpaired) electrons. The van der Waals surface area contributed by atoms with Crippen LogP contribution >= 0.6 is 24.0 Å². The summed E-state index contributed by atoms with van der Waals surface area (Å²) >= 11 is 0. The van der Waals surface area contributed by atoms with Crippen molar-refractivity contribution < 1.29 is 0 Å². The maximum absolute atomic E-state index is 4.40. The zero-order chi connectivity index (χ0) is 18.6. The summed E-state index contributed by atoms with van der Waals surface area (Å²) in [4.78, 5) is 9.45. The van der Waals surface area contributed by atoms with Crippen LogP contribution in [0.25, 0.3) is 0 Å². The minimum Gasteiger partial charge on any atom is -0.356 e. The normalized spacial score (nSPS) is 16.2. The van der Waals surface area contributed by atoms with E-state index in [1.165, 1.54) is 31.5 Å². The first-order valence-electron chi connectivity index (χ1n) is 10.2. The number of nitrogens with zero attached hydrogens (tertiary/aromatic N) is 3. The monoisotopic (exact) mass is 487 g/mol. The van der Waals surface area contributed by atoms with Crippen LogP contribution < -0.4 is 10.6 Å². The summed E-state index contributed by atoms with van der Waals surface area (Å²) in [5.74, 6) is 0.907. The molecule has 1 aliphatic heterocycles. The lowest BCUT2D eigenvalue weighted by molar-refractivity contribution is 0.245. The van der Waals surface area contributed by atoms with Crippen molar-refractivity contribution in [2.45, 2.75) is 39.2 Å². The Balaban J connectivity index is 0.00000364. The fourth-order valence-electron chi connectivity index (χ4n) is 3.65. The minimum absolute atomic E-state index is 0. The average molecular weight is 487 g/mol. The maximum atomic E-state index is 4.40. The van der Waals surface area contributed by atoms with E-state index in [1.54, 1.807) is 0 Å². The molecule has 1 unspecified atom stereocenters. The van der Waals surface area contributed by atoms with Crippen LogP contribution in [0.2, 0.25) is 0 Å². The van der Waals surface area contributed by atoms with Crippen LogP contribution in [0.4, 0.5) is 0 Å². The summed E-state index contributed by atoms with van der Waals surface area (Å²) in [6.45, 7) is 12.1. The van der Waals surface area contributed by atoms with Crippen LogP contribution in [-0.2, 0) is 0 Å². The predicted molar refractivity (Wildman–Crippen MR) is 127 cm³/mol. The highest BCUT2D eigenvalue weighted by Gasteiger charge is 2.23. The van der Waals surface area contributed by atoms with Crippen LogP contribution in [0.15, 0.2) is 35.3 Å². The summed E-state index contributed by atoms with van der Waals surface area (Å²) < 4.78 is 0. The van der Waals surface area contributed by atoms with E-state index in [-0.39, 0.29) is 24.0 Å². The molecule has 154 valence electrons. The highest BCUT2D eigenvalue weighted by molar-refractivity contribution is 14.0. The van der Waals surface area contributed by atoms with Crippen molar-refractivity contribution in [3.05, 3.63) is 35.9 Å². The molecule has 0 amide bonds. The molecule has 6 heteroatoms. The van der Waals surface area contributed by atoms with Gasteiger partial charge in [-0.3, -0.25) is 9.89 Å². The molecule has 1 saturated heterocycles. The maximum Gasteiger partial charge on any atom is 0.191 e. The van der Waals surface area contributed by atoms with Crippen LogP contribution in [-0.4, -0.2) is 68.6 Å².